The zero-order valence-electron chi connectivity index (χ0n) is 12.9. The molecule has 1 amide bonds. The van der Waals surface area contributed by atoms with Crippen molar-refractivity contribution in [1.29, 1.82) is 0 Å². The van der Waals surface area contributed by atoms with Gasteiger partial charge in [0.1, 0.15) is 11.3 Å². The number of amides is 1. The molecule has 0 aromatic heterocycles. The molecule has 19 heavy (non-hydrogen) atoms. The summed E-state index contributed by atoms with van der Waals surface area (Å²) in [6.07, 6.45) is 0.286. The minimum Gasteiger partial charge on any atom is -0.444 e. The number of hydrogen-bond acceptors (Lipinski definition) is 4. The standard InChI is InChI=1S/C14H27NO4/c1-10(7-8-16)11-9-18-14(5,6)15(11)12(17)19-13(2,3)4/h10-11,16H,7-9H2,1-6H3. The van der Waals surface area contributed by atoms with Crippen LogP contribution in [0.15, 0.2) is 0 Å². The first-order valence-corrected chi connectivity index (χ1v) is 6.85. The molecule has 0 radical (unpaired) electrons. The van der Waals surface area contributed by atoms with Gasteiger partial charge in [0, 0.05) is 6.61 Å². The van der Waals surface area contributed by atoms with Crippen LogP contribution >= 0.6 is 0 Å². The molecule has 0 aromatic rings. The molecule has 0 aromatic carbocycles. The summed E-state index contributed by atoms with van der Waals surface area (Å²) >= 11 is 0. The van der Waals surface area contributed by atoms with Gasteiger partial charge in [-0.2, -0.15) is 0 Å². The van der Waals surface area contributed by atoms with Gasteiger partial charge >= 0.3 is 6.09 Å². The maximum atomic E-state index is 12.4. The lowest BCUT2D eigenvalue weighted by Gasteiger charge is -2.36. The normalized spacial score (nSPS) is 24.4. The second-order valence-corrected chi connectivity index (χ2v) is 6.67. The summed E-state index contributed by atoms with van der Waals surface area (Å²) in [6, 6.07) is -0.0583. The molecule has 0 spiro atoms. The van der Waals surface area contributed by atoms with E-state index in [1.807, 2.05) is 41.5 Å². The Morgan fingerprint density at radius 1 is 1.53 bits per heavy atom. The highest BCUT2D eigenvalue weighted by Gasteiger charge is 2.47. The molecule has 0 aliphatic carbocycles. The molecule has 1 heterocycles. The Morgan fingerprint density at radius 2 is 2.11 bits per heavy atom. The molecule has 0 bridgehead atoms. The van der Waals surface area contributed by atoms with Crippen molar-refractivity contribution in [2.45, 2.75) is 65.3 Å². The molecule has 2 atom stereocenters. The van der Waals surface area contributed by atoms with E-state index in [1.165, 1.54) is 0 Å². The Morgan fingerprint density at radius 3 is 2.58 bits per heavy atom. The van der Waals surface area contributed by atoms with Crippen LogP contribution in [0.3, 0.4) is 0 Å². The number of aliphatic hydroxyl groups is 1. The van der Waals surface area contributed by atoms with E-state index in [2.05, 4.69) is 0 Å². The first-order chi connectivity index (χ1) is 8.58. The fourth-order valence-corrected chi connectivity index (χ4v) is 2.31. The van der Waals surface area contributed by atoms with Gasteiger partial charge < -0.3 is 14.6 Å². The lowest BCUT2D eigenvalue weighted by atomic mass is 9.98. The predicted octanol–water partition coefficient (Wildman–Crippen LogP) is 2.38. The highest BCUT2D eigenvalue weighted by Crippen LogP contribution is 2.33. The van der Waals surface area contributed by atoms with Crippen LogP contribution in [-0.2, 0) is 9.47 Å². The van der Waals surface area contributed by atoms with Crippen molar-refractivity contribution in [2.75, 3.05) is 13.2 Å². The summed E-state index contributed by atoms with van der Waals surface area (Å²) in [5, 5.41) is 9.06. The number of hydrogen-bond donors (Lipinski definition) is 1. The molecule has 1 fully saturated rings. The van der Waals surface area contributed by atoms with E-state index in [0.29, 0.717) is 13.0 Å². The lowest BCUT2D eigenvalue weighted by molar-refractivity contribution is -0.0645. The number of carbonyl (C=O) groups excluding carboxylic acids is 1. The Balaban J connectivity index is 2.87. The van der Waals surface area contributed by atoms with E-state index in [0.717, 1.165) is 0 Å². The van der Waals surface area contributed by atoms with Crippen molar-refractivity contribution in [1.82, 2.24) is 4.90 Å². The first kappa shape index (κ1) is 16.2. The Kier molecular flexibility index (Phi) is 4.85. The first-order valence-electron chi connectivity index (χ1n) is 6.85. The van der Waals surface area contributed by atoms with E-state index in [1.54, 1.807) is 4.90 Å². The van der Waals surface area contributed by atoms with Crippen molar-refractivity contribution in [3.05, 3.63) is 0 Å². The van der Waals surface area contributed by atoms with Gasteiger partial charge in [-0.25, -0.2) is 4.79 Å². The fourth-order valence-electron chi connectivity index (χ4n) is 2.31. The van der Waals surface area contributed by atoms with Crippen LogP contribution in [-0.4, -0.2) is 46.7 Å². The van der Waals surface area contributed by atoms with Crippen molar-refractivity contribution < 1.29 is 19.4 Å². The third kappa shape index (κ3) is 4.08. The smallest absolute Gasteiger partial charge is 0.412 e. The summed E-state index contributed by atoms with van der Waals surface area (Å²) in [6.45, 7) is 11.9. The Hall–Kier alpha value is -0.810. The SMILES string of the molecule is CC(CCO)C1COC(C)(C)N1C(=O)OC(C)(C)C. The maximum absolute atomic E-state index is 12.4. The van der Waals surface area contributed by atoms with Gasteiger partial charge in [0.05, 0.1) is 12.6 Å². The zero-order valence-corrected chi connectivity index (χ0v) is 12.9. The zero-order chi connectivity index (χ0) is 14.8. The minimum absolute atomic E-state index is 0.0583. The van der Waals surface area contributed by atoms with Crippen LogP contribution in [0.1, 0.15) is 48.0 Å². The van der Waals surface area contributed by atoms with E-state index in [4.69, 9.17) is 14.6 Å². The van der Waals surface area contributed by atoms with Crippen molar-refractivity contribution >= 4 is 6.09 Å². The molecule has 5 heteroatoms. The van der Waals surface area contributed by atoms with Gasteiger partial charge in [-0.1, -0.05) is 6.92 Å². The predicted molar refractivity (Wildman–Crippen MR) is 72.8 cm³/mol. The molecular formula is C14H27NO4. The largest absolute Gasteiger partial charge is 0.444 e. The summed E-state index contributed by atoms with van der Waals surface area (Å²) in [5.74, 6) is 0.166. The molecule has 1 rings (SSSR count). The quantitative estimate of drug-likeness (QED) is 0.857. The summed E-state index contributed by atoms with van der Waals surface area (Å²) in [5.41, 5.74) is -1.20. The average Bonchev–Trinajstić information content (AvgIpc) is 2.51. The summed E-state index contributed by atoms with van der Waals surface area (Å²) in [4.78, 5) is 14.0. The minimum atomic E-state index is -0.670. The van der Waals surface area contributed by atoms with Crippen molar-refractivity contribution in [2.24, 2.45) is 5.92 Å². The topological polar surface area (TPSA) is 59.0 Å². The van der Waals surface area contributed by atoms with Gasteiger partial charge in [0.2, 0.25) is 0 Å². The van der Waals surface area contributed by atoms with Crippen LogP contribution in [0.5, 0.6) is 0 Å². The van der Waals surface area contributed by atoms with Gasteiger partial charge in [-0.3, -0.25) is 4.90 Å². The molecule has 112 valence electrons. The van der Waals surface area contributed by atoms with Crippen molar-refractivity contribution in [3.63, 3.8) is 0 Å². The molecule has 1 saturated heterocycles. The van der Waals surface area contributed by atoms with E-state index < -0.39 is 11.3 Å². The molecule has 1 aliphatic heterocycles. The van der Waals surface area contributed by atoms with Crippen LogP contribution in [0.4, 0.5) is 4.79 Å². The van der Waals surface area contributed by atoms with E-state index >= 15 is 0 Å². The van der Waals surface area contributed by atoms with Crippen LogP contribution in [0.25, 0.3) is 0 Å². The van der Waals surface area contributed by atoms with Gasteiger partial charge in [-0.05, 0) is 47.0 Å². The second kappa shape index (κ2) is 5.67. The van der Waals surface area contributed by atoms with Crippen LogP contribution in [0.2, 0.25) is 0 Å². The molecule has 1 N–H and O–H groups in total. The van der Waals surface area contributed by atoms with Gasteiger partial charge in [0.15, 0.2) is 0 Å². The average molecular weight is 273 g/mol. The maximum Gasteiger partial charge on any atom is 0.412 e. The van der Waals surface area contributed by atoms with Crippen molar-refractivity contribution in [3.8, 4) is 0 Å². The second-order valence-electron chi connectivity index (χ2n) is 6.67. The number of aliphatic hydroxyl groups excluding tert-OH is 1. The third-order valence-corrected chi connectivity index (χ3v) is 3.35. The monoisotopic (exact) mass is 273 g/mol. The summed E-state index contributed by atoms with van der Waals surface area (Å²) < 4.78 is 11.2. The molecule has 2 unspecified atom stereocenters. The van der Waals surface area contributed by atoms with Crippen LogP contribution in [0, 0.1) is 5.92 Å². The summed E-state index contributed by atoms with van der Waals surface area (Å²) in [7, 11) is 0. The van der Waals surface area contributed by atoms with E-state index in [-0.39, 0.29) is 24.7 Å². The van der Waals surface area contributed by atoms with Gasteiger partial charge in [-0.15, -0.1) is 0 Å². The van der Waals surface area contributed by atoms with Gasteiger partial charge in [0.25, 0.3) is 0 Å². The van der Waals surface area contributed by atoms with E-state index in [9.17, 15) is 4.79 Å². The molecule has 5 nitrogen and oxygen atoms in total. The Labute approximate surface area is 115 Å². The molecule has 1 aliphatic rings. The lowest BCUT2D eigenvalue weighted by Crippen LogP contribution is -2.51. The Bertz CT molecular complexity index is 322. The highest BCUT2D eigenvalue weighted by atomic mass is 16.6. The van der Waals surface area contributed by atoms with Crippen LogP contribution < -0.4 is 0 Å². The molecular weight excluding hydrogens is 246 g/mol. The third-order valence-electron chi connectivity index (χ3n) is 3.35. The fraction of sp³-hybridized carbons (Fsp3) is 0.929. The number of rotatable bonds is 3. The number of carbonyl (C=O) groups is 1. The highest BCUT2D eigenvalue weighted by molar-refractivity contribution is 5.69. The number of nitrogens with zero attached hydrogens (tertiary/aromatic N) is 1. The number of ether oxygens (including phenoxy) is 2. The molecule has 0 saturated carbocycles.